The molecule has 0 spiro atoms. The molecule has 0 aliphatic carbocycles. The average molecular weight is 127 g/mol. The summed E-state index contributed by atoms with van der Waals surface area (Å²) in [4.78, 5) is 0. The molecule has 0 bridgehead atoms. The van der Waals surface area contributed by atoms with Crippen molar-refractivity contribution in [1.82, 2.24) is 0 Å². The lowest BCUT2D eigenvalue weighted by Crippen LogP contribution is -1.90. The van der Waals surface area contributed by atoms with Gasteiger partial charge in [-0.05, 0) is 6.92 Å². The van der Waals surface area contributed by atoms with Gasteiger partial charge in [-0.25, -0.2) is 0 Å². The van der Waals surface area contributed by atoms with Crippen molar-refractivity contribution in [1.29, 1.82) is 0 Å². The maximum absolute atomic E-state index is 5.40. The lowest BCUT2D eigenvalue weighted by molar-refractivity contribution is 0.607. The third-order valence-corrected chi connectivity index (χ3v) is 1.26. The van der Waals surface area contributed by atoms with Crippen molar-refractivity contribution in [2.75, 3.05) is 17.2 Å². The Morgan fingerprint density at radius 2 is 1.67 bits per heavy atom. The van der Waals surface area contributed by atoms with Gasteiger partial charge in [0, 0.05) is 5.56 Å². The quantitative estimate of drug-likeness (QED) is 0.468. The Morgan fingerprint density at radius 3 is 1.78 bits per heavy atom. The number of nitrogens with two attached hydrogens (primary N) is 3. The van der Waals surface area contributed by atoms with Gasteiger partial charge in [0.1, 0.15) is 5.69 Å². The van der Waals surface area contributed by atoms with Gasteiger partial charge in [0.05, 0.1) is 0 Å². The van der Waals surface area contributed by atoms with Gasteiger partial charge in [0.25, 0.3) is 0 Å². The Hall–Kier alpha value is -1.32. The molecule has 9 heavy (non-hydrogen) atoms. The minimum atomic E-state index is 0.199. The summed E-state index contributed by atoms with van der Waals surface area (Å²) in [6, 6.07) is 0. The van der Waals surface area contributed by atoms with Crippen molar-refractivity contribution in [3.05, 3.63) is 5.56 Å². The van der Waals surface area contributed by atoms with E-state index in [1.165, 1.54) is 0 Å². The first-order chi connectivity index (χ1) is 4.13. The van der Waals surface area contributed by atoms with E-state index >= 15 is 0 Å². The number of hydrogen-bond donors (Lipinski definition) is 3. The molecule has 1 heterocycles. The van der Waals surface area contributed by atoms with Crippen molar-refractivity contribution in [2.24, 2.45) is 0 Å². The summed E-state index contributed by atoms with van der Waals surface area (Å²) in [5.74, 6) is 0.495. The van der Waals surface area contributed by atoms with Gasteiger partial charge in [0.2, 0.25) is 5.88 Å². The summed E-state index contributed by atoms with van der Waals surface area (Å²) < 4.78 is 4.78. The van der Waals surface area contributed by atoms with Crippen molar-refractivity contribution >= 4 is 17.5 Å². The lowest BCUT2D eigenvalue weighted by Gasteiger charge is -1.85. The van der Waals surface area contributed by atoms with E-state index < -0.39 is 0 Å². The largest absolute Gasteiger partial charge is 0.423 e. The van der Waals surface area contributed by atoms with Crippen molar-refractivity contribution in [3.63, 3.8) is 0 Å². The van der Waals surface area contributed by atoms with E-state index in [9.17, 15) is 0 Å². The molecule has 0 fully saturated rings. The molecule has 0 amide bonds. The second kappa shape index (κ2) is 1.58. The first kappa shape index (κ1) is 5.81. The van der Waals surface area contributed by atoms with Gasteiger partial charge >= 0.3 is 0 Å². The third-order valence-electron chi connectivity index (χ3n) is 1.26. The van der Waals surface area contributed by atoms with Gasteiger partial charge in [0.15, 0.2) is 5.88 Å². The number of furan rings is 1. The van der Waals surface area contributed by atoms with Gasteiger partial charge in [-0.15, -0.1) is 0 Å². The maximum atomic E-state index is 5.40. The van der Waals surface area contributed by atoms with Crippen LogP contribution in [0.4, 0.5) is 17.5 Å². The zero-order valence-corrected chi connectivity index (χ0v) is 5.14. The Kier molecular flexibility index (Phi) is 1.02. The molecule has 6 N–H and O–H groups in total. The summed E-state index contributed by atoms with van der Waals surface area (Å²) in [6.45, 7) is 1.75. The van der Waals surface area contributed by atoms with E-state index in [0.29, 0.717) is 17.1 Å². The molecule has 0 unspecified atom stereocenters. The van der Waals surface area contributed by atoms with Gasteiger partial charge in [-0.3, -0.25) is 0 Å². The zero-order chi connectivity index (χ0) is 7.02. The summed E-state index contributed by atoms with van der Waals surface area (Å²) in [5.41, 5.74) is 17.1. The molecule has 0 saturated heterocycles. The number of rotatable bonds is 0. The molecule has 0 aliphatic rings. The highest BCUT2D eigenvalue weighted by atomic mass is 16.4. The van der Waals surface area contributed by atoms with E-state index in [2.05, 4.69) is 0 Å². The van der Waals surface area contributed by atoms with Gasteiger partial charge in [-0.2, -0.15) is 0 Å². The summed E-state index contributed by atoms with van der Waals surface area (Å²) >= 11 is 0. The zero-order valence-electron chi connectivity index (χ0n) is 5.14. The molecular weight excluding hydrogens is 118 g/mol. The maximum Gasteiger partial charge on any atom is 0.216 e. The number of hydrogen-bond acceptors (Lipinski definition) is 4. The van der Waals surface area contributed by atoms with E-state index in [0.717, 1.165) is 0 Å². The molecule has 1 aromatic heterocycles. The minimum absolute atomic E-state index is 0.199. The highest BCUT2D eigenvalue weighted by Crippen LogP contribution is 2.27. The Bertz CT molecular complexity index is 206. The summed E-state index contributed by atoms with van der Waals surface area (Å²) in [7, 11) is 0. The van der Waals surface area contributed by atoms with Gasteiger partial charge in [-0.1, -0.05) is 0 Å². The molecule has 4 heteroatoms. The van der Waals surface area contributed by atoms with Crippen LogP contribution in [0.25, 0.3) is 0 Å². The summed E-state index contributed by atoms with van der Waals surface area (Å²) in [5, 5.41) is 0. The van der Waals surface area contributed by atoms with Crippen LogP contribution in [0.2, 0.25) is 0 Å². The predicted molar refractivity (Wildman–Crippen MR) is 36.7 cm³/mol. The molecule has 0 radical (unpaired) electrons. The van der Waals surface area contributed by atoms with E-state index in [1.807, 2.05) is 0 Å². The topological polar surface area (TPSA) is 91.2 Å². The van der Waals surface area contributed by atoms with Crippen LogP contribution < -0.4 is 17.2 Å². The first-order valence-corrected chi connectivity index (χ1v) is 2.52. The predicted octanol–water partition coefficient (Wildman–Crippen LogP) is 0.335. The smallest absolute Gasteiger partial charge is 0.216 e. The second-order valence-electron chi connectivity index (χ2n) is 1.87. The Balaban J connectivity index is 3.29. The fourth-order valence-electron chi connectivity index (χ4n) is 0.568. The molecule has 1 rings (SSSR count). The molecule has 4 nitrogen and oxygen atoms in total. The van der Waals surface area contributed by atoms with Gasteiger partial charge < -0.3 is 21.6 Å². The van der Waals surface area contributed by atoms with Crippen molar-refractivity contribution in [3.8, 4) is 0 Å². The molecule has 0 aromatic carbocycles. The minimum Gasteiger partial charge on any atom is -0.423 e. The van der Waals surface area contributed by atoms with Crippen LogP contribution >= 0.6 is 0 Å². The van der Waals surface area contributed by atoms with E-state index in [1.54, 1.807) is 6.92 Å². The van der Waals surface area contributed by atoms with Crippen LogP contribution in [0, 0.1) is 6.92 Å². The lowest BCUT2D eigenvalue weighted by atomic mass is 10.3. The Morgan fingerprint density at radius 1 is 1.11 bits per heavy atom. The average Bonchev–Trinajstić information content (AvgIpc) is 1.98. The molecule has 50 valence electrons. The molecule has 0 saturated carbocycles. The highest BCUT2D eigenvalue weighted by molar-refractivity contribution is 5.68. The fourth-order valence-corrected chi connectivity index (χ4v) is 0.568. The molecule has 0 aliphatic heterocycles. The fraction of sp³-hybridized carbons (Fsp3) is 0.200. The monoisotopic (exact) mass is 127 g/mol. The van der Waals surface area contributed by atoms with Crippen LogP contribution in [0.15, 0.2) is 4.42 Å². The van der Waals surface area contributed by atoms with Crippen LogP contribution in [-0.2, 0) is 0 Å². The highest BCUT2D eigenvalue weighted by Gasteiger charge is 2.07. The molecular formula is C5H9N3O. The van der Waals surface area contributed by atoms with E-state index in [-0.39, 0.29) is 5.88 Å². The van der Waals surface area contributed by atoms with Crippen molar-refractivity contribution in [2.45, 2.75) is 6.92 Å². The van der Waals surface area contributed by atoms with Crippen molar-refractivity contribution < 1.29 is 4.42 Å². The standard InChI is InChI=1S/C5H9N3O/c1-2-3(6)5(8)9-4(2)7/h6-8H2,1H3. The SMILES string of the molecule is Cc1c(N)oc(N)c1N. The molecule has 1 aromatic rings. The number of nitrogen functional groups attached to an aromatic ring is 3. The first-order valence-electron chi connectivity index (χ1n) is 2.52. The van der Waals surface area contributed by atoms with Crippen LogP contribution in [0.1, 0.15) is 5.56 Å². The Labute approximate surface area is 52.6 Å². The van der Waals surface area contributed by atoms with Crippen LogP contribution in [0.3, 0.4) is 0 Å². The normalized spacial score (nSPS) is 9.89. The van der Waals surface area contributed by atoms with Crippen LogP contribution in [0.5, 0.6) is 0 Å². The number of anilines is 3. The van der Waals surface area contributed by atoms with Crippen LogP contribution in [-0.4, -0.2) is 0 Å². The third kappa shape index (κ3) is 0.679. The van der Waals surface area contributed by atoms with E-state index in [4.69, 9.17) is 21.6 Å². The molecule has 0 atom stereocenters. The summed E-state index contributed by atoms with van der Waals surface area (Å²) in [6.07, 6.45) is 0. The second-order valence-corrected chi connectivity index (χ2v) is 1.87.